The molecule has 0 bridgehead atoms. The molecule has 1 amide bonds. The summed E-state index contributed by atoms with van der Waals surface area (Å²) in [4.78, 5) is 24.7. The first-order valence-electron chi connectivity index (χ1n) is 11.2. The molecule has 36 heavy (non-hydrogen) atoms. The number of rotatable bonds is 7. The lowest BCUT2D eigenvalue weighted by atomic mass is 9.99. The zero-order valence-electron chi connectivity index (χ0n) is 19.2. The first-order chi connectivity index (χ1) is 17.4. The first kappa shape index (κ1) is 23.9. The Morgan fingerprint density at radius 3 is 1.89 bits per heavy atom. The highest BCUT2D eigenvalue weighted by Gasteiger charge is 2.14. The lowest BCUT2D eigenvalue weighted by Crippen LogP contribution is -2.14. The van der Waals surface area contributed by atoms with Gasteiger partial charge in [-0.3, -0.25) is 4.79 Å². The van der Waals surface area contributed by atoms with Gasteiger partial charge < -0.3 is 10.4 Å². The Bertz CT molecular complexity index is 1540. The summed E-state index contributed by atoms with van der Waals surface area (Å²) in [5.74, 6) is -1.38. The SMILES string of the molecule is N#Cc1cccc(Cc2cccc(C(=O)Nc3ccc(C(=O)O)cc3Cc3cccc(C#N)c3)c2)c1. The van der Waals surface area contributed by atoms with Crippen LogP contribution in [0.2, 0.25) is 0 Å². The Balaban J connectivity index is 1.58. The molecule has 6 nitrogen and oxygen atoms in total. The molecule has 0 aromatic heterocycles. The number of amides is 1. The van der Waals surface area contributed by atoms with E-state index in [-0.39, 0.29) is 11.5 Å². The van der Waals surface area contributed by atoms with Crippen LogP contribution in [0.4, 0.5) is 5.69 Å². The smallest absolute Gasteiger partial charge is 0.335 e. The van der Waals surface area contributed by atoms with Gasteiger partial charge in [0.15, 0.2) is 0 Å². The van der Waals surface area contributed by atoms with Crippen LogP contribution in [0.5, 0.6) is 0 Å². The van der Waals surface area contributed by atoms with Crippen LogP contribution in [0.25, 0.3) is 0 Å². The Kier molecular flexibility index (Phi) is 7.19. The van der Waals surface area contributed by atoms with E-state index in [1.165, 1.54) is 12.1 Å². The summed E-state index contributed by atoms with van der Waals surface area (Å²) in [5.41, 5.74) is 5.51. The standard InChI is InChI=1S/C30H21N3O3/c31-18-23-7-1-4-20(13-23)12-21-6-3-9-25(15-21)29(34)33-28-11-10-26(30(35)36)17-27(28)16-22-5-2-8-24(14-22)19-32/h1-11,13-15,17H,12,16H2,(H,33,34)(H,35,36). The number of aromatic carboxylic acids is 1. The van der Waals surface area contributed by atoms with Gasteiger partial charge in [-0.15, -0.1) is 0 Å². The number of hydrogen-bond donors (Lipinski definition) is 2. The molecule has 4 rings (SSSR count). The van der Waals surface area contributed by atoms with Gasteiger partial charge in [-0.05, 0) is 89.7 Å². The second kappa shape index (κ2) is 10.8. The molecule has 0 radical (unpaired) electrons. The van der Waals surface area contributed by atoms with Crippen LogP contribution in [0.15, 0.2) is 91.0 Å². The molecule has 0 spiro atoms. The highest BCUT2D eigenvalue weighted by atomic mass is 16.4. The minimum absolute atomic E-state index is 0.112. The minimum atomic E-state index is -1.06. The van der Waals surface area contributed by atoms with Gasteiger partial charge in [0.1, 0.15) is 0 Å². The van der Waals surface area contributed by atoms with Crippen molar-refractivity contribution in [2.75, 3.05) is 5.32 Å². The van der Waals surface area contributed by atoms with Gasteiger partial charge in [0.25, 0.3) is 5.91 Å². The lowest BCUT2D eigenvalue weighted by molar-refractivity contribution is 0.0696. The van der Waals surface area contributed by atoms with Crippen molar-refractivity contribution in [1.82, 2.24) is 0 Å². The van der Waals surface area contributed by atoms with Crippen molar-refractivity contribution < 1.29 is 14.7 Å². The Labute approximate surface area is 208 Å². The number of carboxylic acid groups (broad SMARTS) is 1. The predicted molar refractivity (Wildman–Crippen MR) is 136 cm³/mol. The van der Waals surface area contributed by atoms with Gasteiger partial charge in [0.2, 0.25) is 0 Å². The number of carboxylic acids is 1. The fourth-order valence-electron chi connectivity index (χ4n) is 3.97. The molecule has 6 heteroatoms. The van der Waals surface area contributed by atoms with E-state index in [4.69, 9.17) is 5.26 Å². The molecule has 0 aliphatic carbocycles. The Hall–Kier alpha value is -5.20. The largest absolute Gasteiger partial charge is 0.478 e. The third kappa shape index (κ3) is 5.83. The predicted octanol–water partition coefficient (Wildman–Crippen LogP) is 5.56. The molecule has 2 N–H and O–H groups in total. The molecule has 0 heterocycles. The second-order valence-corrected chi connectivity index (χ2v) is 8.31. The summed E-state index contributed by atoms with van der Waals surface area (Å²) in [6, 6.07) is 30.4. The van der Waals surface area contributed by atoms with Crippen LogP contribution in [0.1, 0.15) is 54.1 Å². The van der Waals surface area contributed by atoms with E-state index in [1.807, 2.05) is 30.3 Å². The zero-order valence-corrected chi connectivity index (χ0v) is 19.2. The molecule has 0 unspecified atom stereocenters. The highest BCUT2D eigenvalue weighted by molar-refractivity contribution is 6.05. The number of nitrogens with one attached hydrogen (secondary N) is 1. The maximum Gasteiger partial charge on any atom is 0.335 e. The number of hydrogen-bond acceptors (Lipinski definition) is 4. The summed E-state index contributed by atoms with van der Waals surface area (Å²) in [5, 5.41) is 30.7. The van der Waals surface area contributed by atoms with Gasteiger partial charge >= 0.3 is 5.97 Å². The van der Waals surface area contributed by atoms with E-state index in [0.29, 0.717) is 40.8 Å². The summed E-state index contributed by atoms with van der Waals surface area (Å²) >= 11 is 0. The van der Waals surface area contributed by atoms with Crippen molar-refractivity contribution in [2.24, 2.45) is 0 Å². The van der Waals surface area contributed by atoms with Crippen LogP contribution in [-0.2, 0) is 12.8 Å². The fourth-order valence-corrected chi connectivity index (χ4v) is 3.97. The molecule has 0 aliphatic heterocycles. The van der Waals surface area contributed by atoms with Gasteiger partial charge in [0, 0.05) is 11.3 Å². The van der Waals surface area contributed by atoms with Gasteiger partial charge in [-0.2, -0.15) is 10.5 Å². The molecule has 0 atom stereocenters. The fraction of sp³-hybridized carbons (Fsp3) is 0.0667. The molecule has 0 saturated carbocycles. The Morgan fingerprint density at radius 2 is 1.28 bits per heavy atom. The molecule has 4 aromatic rings. The number of carbonyl (C=O) groups is 2. The van der Waals surface area contributed by atoms with Crippen LogP contribution in [0, 0.1) is 22.7 Å². The van der Waals surface area contributed by atoms with Crippen molar-refractivity contribution in [2.45, 2.75) is 12.8 Å². The minimum Gasteiger partial charge on any atom is -0.478 e. The normalized spacial score (nSPS) is 10.2. The zero-order chi connectivity index (χ0) is 25.5. The maximum atomic E-state index is 13.1. The van der Waals surface area contributed by atoms with Crippen LogP contribution in [-0.4, -0.2) is 17.0 Å². The second-order valence-electron chi connectivity index (χ2n) is 8.31. The molecule has 4 aromatic carbocycles. The van der Waals surface area contributed by atoms with Crippen molar-refractivity contribution in [3.63, 3.8) is 0 Å². The molecular formula is C30H21N3O3. The van der Waals surface area contributed by atoms with Crippen LogP contribution < -0.4 is 5.32 Å². The lowest BCUT2D eigenvalue weighted by Gasteiger charge is -2.13. The average Bonchev–Trinajstić information content (AvgIpc) is 2.90. The monoisotopic (exact) mass is 471 g/mol. The number of nitriles is 2. The van der Waals surface area contributed by atoms with Crippen molar-refractivity contribution in [1.29, 1.82) is 10.5 Å². The van der Waals surface area contributed by atoms with Gasteiger partial charge in [-0.25, -0.2) is 4.79 Å². The number of carbonyl (C=O) groups excluding carboxylic acids is 1. The quantitative estimate of drug-likeness (QED) is 0.366. The van der Waals surface area contributed by atoms with Crippen molar-refractivity contribution in [3.05, 3.63) is 136 Å². The Morgan fingerprint density at radius 1 is 0.694 bits per heavy atom. The third-order valence-corrected chi connectivity index (χ3v) is 5.70. The summed E-state index contributed by atoms with van der Waals surface area (Å²) < 4.78 is 0. The summed E-state index contributed by atoms with van der Waals surface area (Å²) in [6.45, 7) is 0. The average molecular weight is 472 g/mol. The van der Waals surface area contributed by atoms with E-state index in [1.54, 1.807) is 48.5 Å². The van der Waals surface area contributed by atoms with Crippen LogP contribution in [0.3, 0.4) is 0 Å². The molecule has 0 aliphatic rings. The van der Waals surface area contributed by atoms with Gasteiger partial charge in [0.05, 0.1) is 28.8 Å². The third-order valence-electron chi connectivity index (χ3n) is 5.70. The van der Waals surface area contributed by atoms with Gasteiger partial charge in [-0.1, -0.05) is 36.4 Å². The maximum absolute atomic E-state index is 13.1. The van der Waals surface area contributed by atoms with E-state index >= 15 is 0 Å². The number of nitrogens with zero attached hydrogens (tertiary/aromatic N) is 2. The first-order valence-corrected chi connectivity index (χ1v) is 11.2. The molecule has 174 valence electrons. The molecule has 0 saturated heterocycles. The van der Waals surface area contributed by atoms with E-state index in [9.17, 15) is 20.0 Å². The molecular weight excluding hydrogens is 450 g/mol. The number of anilines is 1. The van der Waals surface area contributed by atoms with Crippen molar-refractivity contribution >= 4 is 17.6 Å². The highest BCUT2D eigenvalue weighted by Crippen LogP contribution is 2.23. The summed E-state index contributed by atoms with van der Waals surface area (Å²) in [7, 11) is 0. The van der Waals surface area contributed by atoms with E-state index < -0.39 is 5.97 Å². The topological polar surface area (TPSA) is 114 Å². The summed E-state index contributed by atoms with van der Waals surface area (Å²) in [6.07, 6.45) is 0.923. The van der Waals surface area contributed by atoms with E-state index in [0.717, 1.165) is 16.7 Å². The molecule has 0 fully saturated rings. The number of benzene rings is 4. The van der Waals surface area contributed by atoms with E-state index in [2.05, 4.69) is 17.5 Å². The van der Waals surface area contributed by atoms with Crippen LogP contribution >= 0.6 is 0 Å². The van der Waals surface area contributed by atoms with Crippen molar-refractivity contribution in [3.8, 4) is 12.1 Å².